The molecule has 2 fully saturated rings. The number of piperazine rings is 1. The molecule has 0 saturated carbocycles. The molecule has 0 aromatic heterocycles. The van der Waals surface area contributed by atoms with Crippen molar-refractivity contribution >= 4 is 15.9 Å². The zero-order valence-electron chi connectivity index (χ0n) is 16.8. The summed E-state index contributed by atoms with van der Waals surface area (Å²) in [5.41, 5.74) is 7.37. The van der Waals surface area contributed by atoms with E-state index < -0.39 is 10.0 Å². The van der Waals surface area contributed by atoms with Crippen LogP contribution in [0.25, 0.3) is 0 Å². The fourth-order valence-electron chi connectivity index (χ4n) is 3.88. The predicted molar refractivity (Wildman–Crippen MR) is 112 cm³/mol. The van der Waals surface area contributed by atoms with Gasteiger partial charge in [-0.05, 0) is 36.2 Å². The minimum atomic E-state index is -3.52. The Labute approximate surface area is 176 Å². The van der Waals surface area contributed by atoms with Crippen molar-refractivity contribution in [2.45, 2.75) is 23.4 Å². The Kier molecular flexibility index (Phi) is 6.05. The Morgan fingerprint density at radius 1 is 0.967 bits per heavy atom. The molecule has 2 aliphatic heterocycles. The summed E-state index contributed by atoms with van der Waals surface area (Å²) in [6, 6.07) is 15.9. The average Bonchev–Trinajstić information content (AvgIpc) is 3.29. The van der Waals surface area contributed by atoms with Gasteiger partial charge >= 0.3 is 0 Å². The van der Waals surface area contributed by atoms with Gasteiger partial charge in [-0.1, -0.05) is 30.3 Å². The van der Waals surface area contributed by atoms with Crippen LogP contribution in [0.2, 0.25) is 0 Å². The van der Waals surface area contributed by atoms with E-state index in [-0.39, 0.29) is 22.9 Å². The lowest BCUT2D eigenvalue weighted by Gasteiger charge is -2.35. The third-order valence-corrected chi connectivity index (χ3v) is 7.56. The maximum absolute atomic E-state index is 12.9. The molecule has 8 nitrogen and oxygen atoms in total. The van der Waals surface area contributed by atoms with Crippen LogP contribution in [0.15, 0.2) is 59.5 Å². The molecule has 9 heteroatoms. The van der Waals surface area contributed by atoms with Crippen molar-refractivity contribution in [3.8, 4) is 5.75 Å². The number of hydrogen-bond donors (Lipinski definition) is 2. The van der Waals surface area contributed by atoms with Gasteiger partial charge in [-0.3, -0.25) is 4.79 Å². The maximum atomic E-state index is 12.9. The average molecular weight is 431 g/mol. The van der Waals surface area contributed by atoms with E-state index in [0.717, 1.165) is 11.3 Å². The molecule has 2 saturated heterocycles. The molecule has 2 aromatic rings. The number of hydrogen-bond acceptors (Lipinski definition) is 6. The lowest BCUT2D eigenvalue weighted by atomic mass is 10.0. The van der Waals surface area contributed by atoms with Crippen LogP contribution in [0.4, 0.5) is 0 Å². The van der Waals surface area contributed by atoms with Gasteiger partial charge in [0.2, 0.25) is 15.9 Å². The van der Waals surface area contributed by atoms with E-state index in [1.54, 1.807) is 42.3 Å². The molecule has 1 amide bonds. The highest BCUT2D eigenvalue weighted by molar-refractivity contribution is 7.89. The monoisotopic (exact) mass is 430 g/mol. The van der Waals surface area contributed by atoms with Crippen LogP contribution in [-0.4, -0.2) is 62.9 Å². The van der Waals surface area contributed by atoms with Crippen molar-refractivity contribution in [3.63, 3.8) is 0 Å². The summed E-state index contributed by atoms with van der Waals surface area (Å²) in [5.74, 6) is 0.788. The van der Waals surface area contributed by atoms with Crippen LogP contribution in [0, 0.1) is 0 Å². The normalized spacial score (nSPS) is 22.8. The molecule has 2 unspecified atom stereocenters. The number of amides is 1. The van der Waals surface area contributed by atoms with Crippen molar-refractivity contribution < 1.29 is 17.9 Å². The zero-order valence-corrected chi connectivity index (χ0v) is 17.6. The quantitative estimate of drug-likeness (QED) is 0.739. The van der Waals surface area contributed by atoms with Crippen molar-refractivity contribution in [1.82, 2.24) is 20.1 Å². The molecule has 4 rings (SSSR count). The topological polar surface area (TPSA) is 91.0 Å². The first-order valence-electron chi connectivity index (χ1n) is 9.98. The SMILES string of the molecule is COc1ccc(C2CC(C(=O)N3CCN(S(=O)(=O)c4ccccc4)CC3)NN2)cc1. The van der Waals surface area contributed by atoms with Gasteiger partial charge in [0.1, 0.15) is 11.8 Å². The molecule has 30 heavy (non-hydrogen) atoms. The molecule has 160 valence electrons. The van der Waals surface area contributed by atoms with E-state index in [0.29, 0.717) is 32.6 Å². The Morgan fingerprint density at radius 3 is 2.27 bits per heavy atom. The van der Waals surface area contributed by atoms with Crippen LogP contribution in [0.5, 0.6) is 5.75 Å². The maximum Gasteiger partial charge on any atom is 0.243 e. The molecule has 2 heterocycles. The molecular weight excluding hydrogens is 404 g/mol. The second-order valence-corrected chi connectivity index (χ2v) is 9.38. The number of nitrogens with zero attached hydrogens (tertiary/aromatic N) is 2. The van der Waals surface area contributed by atoms with Crippen molar-refractivity contribution in [3.05, 3.63) is 60.2 Å². The fourth-order valence-corrected chi connectivity index (χ4v) is 5.33. The van der Waals surface area contributed by atoms with E-state index in [4.69, 9.17) is 4.74 Å². The van der Waals surface area contributed by atoms with Crippen molar-refractivity contribution in [1.29, 1.82) is 0 Å². The van der Waals surface area contributed by atoms with Crippen molar-refractivity contribution in [2.75, 3.05) is 33.3 Å². The molecule has 2 atom stereocenters. The number of ether oxygens (including phenoxy) is 1. The summed E-state index contributed by atoms with van der Waals surface area (Å²) in [7, 11) is -1.89. The number of hydrazine groups is 1. The van der Waals surface area contributed by atoms with Gasteiger partial charge in [-0.25, -0.2) is 19.3 Å². The molecule has 0 bridgehead atoms. The Morgan fingerprint density at radius 2 is 1.63 bits per heavy atom. The van der Waals surface area contributed by atoms with E-state index >= 15 is 0 Å². The summed E-state index contributed by atoms with van der Waals surface area (Å²) in [4.78, 5) is 15.0. The van der Waals surface area contributed by atoms with Crippen LogP contribution >= 0.6 is 0 Å². The van der Waals surface area contributed by atoms with E-state index in [9.17, 15) is 13.2 Å². The fraction of sp³-hybridized carbons (Fsp3) is 0.381. The molecule has 0 spiro atoms. The lowest BCUT2D eigenvalue weighted by molar-refractivity contribution is -0.134. The zero-order chi connectivity index (χ0) is 21.1. The number of sulfonamides is 1. The van der Waals surface area contributed by atoms with Gasteiger partial charge in [0.25, 0.3) is 0 Å². The van der Waals surface area contributed by atoms with Crippen LogP contribution < -0.4 is 15.6 Å². The van der Waals surface area contributed by atoms with E-state index in [2.05, 4.69) is 10.9 Å². The largest absolute Gasteiger partial charge is 0.497 e. The van der Waals surface area contributed by atoms with Crippen LogP contribution in [0.1, 0.15) is 18.0 Å². The van der Waals surface area contributed by atoms with Gasteiger partial charge in [0.05, 0.1) is 12.0 Å². The smallest absolute Gasteiger partial charge is 0.243 e. The summed E-state index contributed by atoms with van der Waals surface area (Å²) in [6.45, 7) is 1.36. The van der Waals surface area contributed by atoms with Gasteiger partial charge in [-0.2, -0.15) is 4.31 Å². The van der Waals surface area contributed by atoms with Gasteiger partial charge < -0.3 is 9.64 Å². The highest BCUT2D eigenvalue weighted by atomic mass is 32.2. The summed E-state index contributed by atoms with van der Waals surface area (Å²) in [6.07, 6.45) is 0.633. The Bertz CT molecular complexity index is 974. The minimum absolute atomic E-state index is 0.00438. The summed E-state index contributed by atoms with van der Waals surface area (Å²) < 4.78 is 32.2. The van der Waals surface area contributed by atoms with Crippen LogP contribution in [-0.2, 0) is 14.8 Å². The second-order valence-electron chi connectivity index (χ2n) is 7.45. The van der Waals surface area contributed by atoms with Gasteiger partial charge in [-0.15, -0.1) is 0 Å². The molecule has 2 aliphatic rings. The van der Waals surface area contributed by atoms with Crippen LogP contribution in [0.3, 0.4) is 0 Å². The highest BCUT2D eigenvalue weighted by Gasteiger charge is 2.36. The van der Waals surface area contributed by atoms with E-state index in [1.807, 2.05) is 24.3 Å². The number of carbonyl (C=O) groups is 1. The molecule has 2 aromatic carbocycles. The molecular formula is C21H26N4O4S. The lowest BCUT2D eigenvalue weighted by Crippen LogP contribution is -2.54. The first kappa shape index (κ1) is 20.8. The summed E-state index contributed by atoms with van der Waals surface area (Å²) in [5, 5.41) is 0. The number of methoxy groups -OCH3 is 1. The Hall–Kier alpha value is -2.46. The third-order valence-electron chi connectivity index (χ3n) is 5.65. The molecule has 0 aliphatic carbocycles. The first-order valence-corrected chi connectivity index (χ1v) is 11.4. The molecule has 2 N–H and O–H groups in total. The first-order chi connectivity index (χ1) is 14.5. The molecule has 0 radical (unpaired) electrons. The van der Waals surface area contributed by atoms with Gasteiger partial charge in [0.15, 0.2) is 0 Å². The third kappa shape index (κ3) is 4.20. The number of benzene rings is 2. The van der Waals surface area contributed by atoms with E-state index in [1.165, 1.54) is 4.31 Å². The minimum Gasteiger partial charge on any atom is -0.497 e. The highest BCUT2D eigenvalue weighted by Crippen LogP contribution is 2.25. The second kappa shape index (κ2) is 8.73. The number of carbonyl (C=O) groups excluding carboxylic acids is 1. The number of rotatable bonds is 5. The predicted octanol–water partition coefficient (Wildman–Crippen LogP) is 1.14. The standard InChI is InChI=1S/C21H26N4O4S/c1-29-17-9-7-16(8-10-17)19-15-20(23-22-19)21(26)24-11-13-25(14-12-24)30(27,28)18-5-3-2-4-6-18/h2-10,19-20,22-23H,11-15H2,1H3. The summed E-state index contributed by atoms with van der Waals surface area (Å²) >= 11 is 0. The number of nitrogens with one attached hydrogen (secondary N) is 2. The van der Waals surface area contributed by atoms with Gasteiger partial charge in [0, 0.05) is 32.2 Å². The van der Waals surface area contributed by atoms with Crippen molar-refractivity contribution in [2.24, 2.45) is 0 Å². The Balaban J connectivity index is 1.33.